The number of benzene rings is 1. The number of aliphatic hydroxyl groups excluding tert-OH is 1. The fourth-order valence-corrected chi connectivity index (χ4v) is 3.73. The van der Waals surface area contributed by atoms with E-state index in [-0.39, 0.29) is 5.82 Å². The SMILES string of the molecule is C[C@@H](O)c1cccc(F)c1SCC1CCCC1. The van der Waals surface area contributed by atoms with Crippen molar-refractivity contribution in [2.75, 3.05) is 5.75 Å². The van der Waals surface area contributed by atoms with Gasteiger partial charge in [0.2, 0.25) is 0 Å². The van der Waals surface area contributed by atoms with Crippen molar-refractivity contribution in [3.05, 3.63) is 29.6 Å². The number of aliphatic hydroxyl groups is 1. The van der Waals surface area contributed by atoms with Crippen LogP contribution in [0.15, 0.2) is 23.1 Å². The molecule has 1 fully saturated rings. The molecule has 0 aromatic heterocycles. The summed E-state index contributed by atoms with van der Waals surface area (Å²) >= 11 is 1.56. The minimum absolute atomic E-state index is 0.202. The van der Waals surface area contributed by atoms with Crippen molar-refractivity contribution in [3.63, 3.8) is 0 Å². The van der Waals surface area contributed by atoms with E-state index in [1.807, 2.05) is 6.07 Å². The summed E-state index contributed by atoms with van der Waals surface area (Å²) in [6, 6.07) is 4.95. The molecule has 1 aromatic carbocycles. The predicted molar refractivity (Wildman–Crippen MR) is 69.7 cm³/mol. The third-order valence-electron chi connectivity index (χ3n) is 3.39. The van der Waals surface area contributed by atoms with Gasteiger partial charge in [0.25, 0.3) is 0 Å². The van der Waals surface area contributed by atoms with Gasteiger partial charge in [0.05, 0.1) is 6.10 Å². The Morgan fingerprint density at radius 1 is 1.41 bits per heavy atom. The Morgan fingerprint density at radius 2 is 2.12 bits per heavy atom. The lowest BCUT2D eigenvalue weighted by molar-refractivity contribution is 0.195. The van der Waals surface area contributed by atoms with Crippen molar-refractivity contribution < 1.29 is 9.50 Å². The zero-order valence-corrected chi connectivity index (χ0v) is 11.0. The third kappa shape index (κ3) is 3.23. The molecule has 3 heteroatoms. The number of rotatable bonds is 4. The van der Waals surface area contributed by atoms with Crippen LogP contribution in [0.4, 0.5) is 4.39 Å². The second kappa shape index (κ2) is 5.87. The highest BCUT2D eigenvalue weighted by molar-refractivity contribution is 7.99. The Morgan fingerprint density at radius 3 is 2.76 bits per heavy atom. The highest BCUT2D eigenvalue weighted by Crippen LogP contribution is 2.35. The monoisotopic (exact) mass is 254 g/mol. The van der Waals surface area contributed by atoms with E-state index in [0.29, 0.717) is 10.5 Å². The maximum Gasteiger partial charge on any atom is 0.137 e. The van der Waals surface area contributed by atoms with Gasteiger partial charge in [-0.2, -0.15) is 0 Å². The molecule has 1 nitrogen and oxygen atoms in total. The molecule has 17 heavy (non-hydrogen) atoms. The molecule has 1 aromatic rings. The van der Waals surface area contributed by atoms with E-state index in [1.54, 1.807) is 24.8 Å². The van der Waals surface area contributed by atoms with Crippen molar-refractivity contribution in [1.82, 2.24) is 0 Å². The molecule has 1 N–H and O–H groups in total. The van der Waals surface area contributed by atoms with Gasteiger partial charge in [0.15, 0.2) is 0 Å². The molecule has 0 bridgehead atoms. The number of hydrogen-bond acceptors (Lipinski definition) is 2. The van der Waals surface area contributed by atoms with Crippen molar-refractivity contribution in [2.24, 2.45) is 5.92 Å². The standard InChI is InChI=1S/C14H19FOS/c1-10(16)12-7-4-8-13(15)14(12)17-9-11-5-2-3-6-11/h4,7-8,10-11,16H,2-3,5-6,9H2,1H3/t10-/m1/s1. The quantitative estimate of drug-likeness (QED) is 0.814. The Kier molecular flexibility index (Phi) is 4.46. The molecule has 0 amide bonds. The molecule has 0 saturated heterocycles. The van der Waals surface area contributed by atoms with Crippen LogP contribution >= 0.6 is 11.8 Å². The minimum atomic E-state index is -0.600. The Labute approximate surface area is 106 Å². The lowest BCUT2D eigenvalue weighted by atomic mass is 10.1. The number of thioether (sulfide) groups is 1. The highest BCUT2D eigenvalue weighted by Gasteiger charge is 2.18. The fraction of sp³-hybridized carbons (Fsp3) is 0.571. The maximum atomic E-state index is 13.8. The lowest BCUT2D eigenvalue weighted by Gasteiger charge is -2.14. The number of hydrogen-bond donors (Lipinski definition) is 1. The van der Waals surface area contributed by atoms with Gasteiger partial charge < -0.3 is 5.11 Å². The van der Waals surface area contributed by atoms with Crippen LogP contribution in [0.5, 0.6) is 0 Å². The second-order valence-corrected chi connectivity index (χ2v) is 5.83. The van der Waals surface area contributed by atoms with Crippen molar-refractivity contribution in [2.45, 2.75) is 43.6 Å². The summed E-state index contributed by atoms with van der Waals surface area (Å²) in [4.78, 5) is 0.634. The van der Waals surface area contributed by atoms with Crippen LogP contribution < -0.4 is 0 Å². The fourth-order valence-electron chi connectivity index (χ4n) is 2.38. The van der Waals surface area contributed by atoms with Crippen LogP contribution in [-0.4, -0.2) is 10.9 Å². The van der Waals surface area contributed by atoms with E-state index in [1.165, 1.54) is 31.7 Å². The predicted octanol–water partition coefficient (Wildman–Crippen LogP) is 4.16. The zero-order valence-electron chi connectivity index (χ0n) is 10.2. The summed E-state index contributed by atoms with van der Waals surface area (Å²) in [5.74, 6) is 1.49. The van der Waals surface area contributed by atoms with E-state index >= 15 is 0 Å². The zero-order chi connectivity index (χ0) is 12.3. The molecule has 1 aliphatic rings. The van der Waals surface area contributed by atoms with Crippen LogP contribution in [0, 0.1) is 11.7 Å². The number of halogens is 1. The van der Waals surface area contributed by atoms with Gasteiger partial charge in [-0.25, -0.2) is 4.39 Å². The second-order valence-electron chi connectivity index (χ2n) is 4.80. The van der Waals surface area contributed by atoms with Gasteiger partial charge in [-0.15, -0.1) is 11.8 Å². The molecular weight excluding hydrogens is 235 g/mol. The normalized spacial score (nSPS) is 18.5. The average molecular weight is 254 g/mol. The molecule has 0 aliphatic heterocycles. The first-order valence-electron chi connectivity index (χ1n) is 6.27. The van der Waals surface area contributed by atoms with Crippen molar-refractivity contribution in [3.8, 4) is 0 Å². The van der Waals surface area contributed by atoms with Crippen molar-refractivity contribution >= 4 is 11.8 Å². The molecule has 1 atom stereocenters. The van der Waals surface area contributed by atoms with Crippen LogP contribution in [0.1, 0.15) is 44.3 Å². The molecule has 94 valence electrons. The van der Waals surface area contributed by atoms with Gasteiger partial charge in [-0.1, -0.05) is 25.0 Å². The van der Waals surface area contributed by atoms with E-state index in [4.69, 9.17) is 0 Å². The topological polar surface area (TPSA) is 20.2 Å². The van der Waals surface area contributed by atoms with Gasteiger partial charge in [0, 0.05) is 10.6 Å². The summed E-state index contributed by atoms with van der Waals surface area (Å²) in [6.45, 7) is 1.69. The van der Waals surface area contributed by atoms with E-state index in [0.717, 1.165) is 11.7 Å². The molecular formula is C14H19FOS. The van der Waals surface area contributed by atoms with Crippen LogP contribution in [0.3, 0.4) is 0 Å². The maximum absolute atomic E-state index is 13.8. The molecule has 0 spiro atoms. The summed E-state index contributed by atoms with van der Waals surface area (Å²) in [5.41, 5.74) is 0.716. The average Bonchev–Trinajstić information content (AvgIpc) is 2.80. The van der Waals surface area contributed by atoms with E-state index < -0.39 is 6.10 Å². The van der Waals surface area contributed by atoms with Crippen LogP contribution in [0.25, 0.3) is 0 Å². The van der Waals surface area contributed by atoms with Gasteiger partial charge in [-0.05, 0) is 37.3 Å². The molecule has 1 aliphatic carbocycles. The Hall–Kier alpha value is -0.540. The molecule has 1 saturated carbocycles. The molecule has 0 unspecified atom stereocenters. The van der Waals surface area contributed by atoms with E-state index in [9.17, 15) is 9.50 Å². The first kappa shape index (κ1) is 12.9. The third-order valence-corrected chi connectivity index (χ3v) is 4.74. The molecule has 2 rings (SSSR count). The first-order chi connectivity index (χ1) is 8.18. The van der Waals surface area contributed by atoms with E-state index in [2.05, 4.69) is 0 Å². The summed E-state index contributed by atoms with van der Waals surface area (Å²) < 4.78 is 13.8. The minimum Gasteiger partial charge on any atom is -0.389 e. The molecule has 0 radical (unpaired) electrons. The van der Waals surface area contributed by atoms with Crippen molar-refractivity contribution in [1.29, 1.82) is 0 Å². The van der Waals surface area contributed by atoms with Crippen LogP contribution in [-0.2, 0) is 0 Å². The lowest BCUT2D eigenvalue weighted by Crippen LogP contribution is -2.01. The summed E-state index contributed by atoms with van der Waals surface area (Å²) in [5, 5.41) is 9.64. The Balaban J connectivity index is 2.07. The Bertz CT molecular complexity index is 372. The summed E-state index contributed by atoms with van der Waals surface area (Å²) in [6.07, 6.45) is 4.56. The first-order valence-corrected chi connectivity index (χ1v) is 7.26. The van der Waals surface area contributed by atoms with Gasteiger partial charge >= 0.3 is 0 Å². The van der Waals surface area contributed by atoms with Crippen LogP contribution in [0.2, 0.25) is 0 Å². The largest absolute Gasteiger partial charge is 0.389 e. The summed E-state index contributed by atoms with van der Waals surface area (Å²) in [7, 11) is 0. The molecule has 0 heterocycles. The van der Waals surface area contributed by atoms with Gasteiger partial charge in [-0.3, -0.25) is 0 Å². The highest BCUT2D eigenvalue weighted by atomic mass is 32.2. The van der Waals surface area contributed by atoms with Gasteiger partial charge in [0.1, 0.15) is 5.82 Å². The smallest absolute Gasteiger partial charge is 0.137 e.